The minimum absolute atomic E-state index is 0.371. The number of nitrogens with one attached hydrogen (secondary N) is 2. The van der Waals surface area contributed by atoms with Gasteiger partial charge in [-0.05, 0) is 30.6 Å². The van der Waals surface area contributed by atoms with Gasteiger partial charge in [-0.15, -0.1) is 0 Å². The molecule has 16 heavy (non-hydrogen) atoms. The number of aromatic amines is 1. The summed E-state index contributed by atoms with van der Waals surface area (Å²) in [6, 6.07) is 2.46. The lowest BCUT2D eigenvalue weighted by Gasteiger charge is -2.13. The molecule has 0 aromatic carbocycles. The third-order valence-electron chi connectivity index (χ3n) is 2.06. The average Bonchev–Trinajstić information content (AvgIpc) is 2.76. The number of amides is 1. The van der Waals surface area contributed by atoms with Crippen LogP contribution in [-0.4, -0.2) is 40.0 Å². The Morgan fingerprint density at radius 2 is 2.38 bits per heavy atom. The van der Waals surface area contributed by atoms with Crippen LogP contribution in [0, 0.1) is 0 Å². The summed E-state index contributed by atoms with van der Waals surface area (Å²) >= 11 is 1.55. The fourth-order valence-electron chi connectivity index (χ4n) is 1.20. The smallest absolute Gasteiger partial charge is 0.326 e. The first-order chi connectivity index (χ1) is 7.65. The highest BCUT2D eigenvalue weighted by atomic mass is 32.2. The Labute approximate surface area is 97.6 Å². The van der Waals surface area contributed by atoms with Gasteiger partial charge in [0.25, 0.3) is 5.91 Å². The van der Waals surface area contributed by atoms with Crippen molar-refractivity contribution in [1.29, 1.82) is 0 Å². The van der Waals surface area contributed by atoms with E-state index in [0.29, 0.717) is 17.9 Å². The lowest BCUT2D eigenvalue weighted by molar-refractivity contribution is -0.139. The zero-order chi connectivity index (χ0) is 12.0. The quantitative estimate of drug-likeness (QED) is 0.693. The topological polar surface area (TPSA) is 82.2 Å². The van der Waals surface area contributed by atoms with Gasteiger partial charge in [-0.25, -0.2) is 4.79 Å². The molecular weight excluding hydrogens is 228 g/mol. The van der Waals surface area contributed by atoms with Crippen molar-refractivity contribution in [2.45, 2.75) is 12.5 Å². The van der Waals surface area contributed by atoms with E-state index >= 15 is 0 Å². The number of carbonyl (C=O) groups excluding carboxylic acids is 1. The van der Waals surface area contributed by atoms with Crippen LogP contribution in [0.5, 0.6) is 0 Å². The Hall–Kier alpha value is -1.43. The van der Waals surface area contributed by atoms with E-state index in [1.54, 1.807) is 30.1 Å². The molecule has 1 amide bonds. The minimum Gasteiger partial charge on any atom is -0.480 e. The summed E-state index contributed by atoms with van der Waals surface area (Å²) in [6.45, 7) is 0. The number of carboxylic acid groups (broad SMARTS) is 1. The molecule has 0 aliphatic heterocycles. The van der Waals surface area contributed by atoms with Crippen molar-refractivity contribution in [3.8, 4) is 0 Å². The van der Waals surface area contributed by atoms with Crippen LogP contribution in [0.15, 0.2) is 18.3 Å². The molecular formula is C10H14N2O3S. The van der Waals surface area contributed by atoms with Crippen LogP contribution in [0.2, 0.25) is 0 Å². The average molecular weight is 242 g/mol. The standard InChI is InChI=1S/C10H14N2O3S/c1-16-6-4-8(10(14)15)12-9(13)7-3-2-5-11-7/h2-3,5,8,11H,4,6H2,1H3,(H,12,13)(H,14,15)/t8-/m1/s1. The lowest BCUT2D eigenvalue weighted by atomic mass is 10.2. The number of H-pyrrole nitrogens is 1. The molecule has 0 saturated carbocycles. The van der Waals surface area contributed by atoms with Gasteiger partial charge >= 0.3 is 5.97 Å². The molecule has 88 valence electrons. The Morgan fingerprint density at radius 3 is 2.88 bits per heavy atom. The molecule has 1 rings (SSSR count). The molecule has 1 heterocycles. The van der Waals surface area contributed by atoms with Crippen molar-refractivity contribution in [2.24, 2.45) is 0 Å². The number of aromatic nitrogens is 1. The number of carbonyl (C=O) groups is 2. The molecule has 0 spiro atoms. The van der Waals surface area contributed by atoms with Crippen molar-refractivity contribution < 1.29 is 14.7 Å². The van der Waals surface area contributed by atoms with E-state index in [-0.39, 0.29) is 0 Å². The van der Waals surface area contributed by atoms with E-state index in [4.69, 9.17) is 5.11 Å². The predicted octanol–water partition coefficient (Wildman–Crippen LogP) is 0.951. The van der Waals surface area contributed by atoms with Crippen LogP contribution in [0.3, 0.4) is 0 Å². The number of carboxylic acids is 1. The van der Waals surface area contributed by atoms with Gasteiger partial charge in [-0.1, -0.05) is 0 Å². The molecule has 1 atom stereocenters. The summed E-state index contributed by atoms with van der Waals surface area (Å²) < 4.78 is 0. The van der Waals surface area contributed by atoms with Crippen molar-refractivity contribution in [2.75, 3.05) is 12.0 Å². The molecule has 1 aromatic heterocycles. The van der Waals surface area contributed by atoms with Crippen molar-refractivity contribution >= 4 is 23.6 Å². The van der Waals surface area contributed by atoms with E-state index in [9.17, 15) is 9.59 Å². The van der Waals surface area contributed by atoms with Gasteiger partial charge in [0.2, 0.25) is 0 Å². The van der Waals surface area contributed by atoms with Gasteiger partial charge in [0, 0.05) is 6.20 Å². The summed E-state index contributed by atoms with van der Waals surface area (Å²) in [5.41, 5.74) is 0.371. The normalized spacial score (nSPS) is 12.1. The van der Waals surface area contributed by atoms with E-state index in [0.717, 1.165) is 0 Å². The number of aliphatic carboxylic acids is 1. The largest absolute Gasteiger partial charge is 0.480 e. The van der Waals surface area contributed by atoms with Crippen LogP contribution in [-0.2, 0) is 4.79 Å². The highest BCUT2D eigenvalue weighted by Gasteiger charge is 2.20. The molecule has 0 aliphatic rings. The highest BCUT2D eigenvalue weighted by molar-refractivity contribution is 7.98. The number of hydrogen-bond donors (Lipinski definition) is 3. The maximum Gasteiger partial charge on any atom is 0.326 e. The third kappa shape index (κ3) is 3.62. The van der Waals surface area contributed by atoms with Crippen molar-refractivity contribution in [3.05, 3.63) is 24.0 Å². The molecule has 1 aromatic rings. The number of rotatable bonds is 6. The van der Waals surface area contributed by atoms with E-state index in [2.05, 4.69) is 10.3 Å². The Morgan fingerprint density at radius 1 is 1.62 bits per heavy atom. The fourth-order valence-corrected chi connectivity index (χ4v) is 1.67. The maximum absolute atomic E-state index is 11.6. The second kappa shape index (κ2) is 6.22. The molecule has 0 fully saturated rings. The third-order valence-corrected chi connectivity index (χ3v) is 2.70. The number of hydrogen-bond acceptors (Lipinski definition) is 3. The van der Waals surface area contributed by atoms with E-state index in [1.807, 2.05) is 6.26 Å². The Kier molecular flexibility index (Phi) is 4.91. The first-order valence-corrected chi connectivity index (χ1v) is 6.20. The van der Waals surface area contributed by atoms with Crippen LogP contribution >= 0.6 is 11.8 Å². The second-order valence-electron chi connectivity index (χ2n) is 3.23. The Bertz CT molecular complexity index is 351. The molecule has 0 unspecified atom stereocenters. The van der Waals surface area contributed by atoms with Crippen molar-refractivity contribution in [3.63, 3.8) is 0 Å². The first kappa shape index (κ1) is 12.6. The van der Waals surface area contributed by atoms with Gasteiger partial charge in [0.05, 0.1) is 0 Å². The predicted molar refractivity (Wildman–Crippen MR) is 62.7 cm³/mol. The van der Waals surface area contributed by atoms with E-state index in [1.165, 1.54) is 0 Å². The summed E-state index contributed by atoms with van der Waals surface area (Å²) in [7, 11) is 0. The monoisotopic (exact) mass is 242 g/mol. The molecule has 5 nitrogen and oxygen atoms in total. The SMILES string of the molecule is CSCC[C@@H](NC(=O)c1ccc[nH]1)C(=O)O. The minimum atomic E-state index is -1.01. The lowest BCUT2D eigenvalue weighted by Crippen LogP contribution is -2.41. The van der Waals surface area contributed by atoms with Crippen LogP contribution in [0.4, 0.5) is 0 Å². The molecule has 6 heteroatoms. The van der Waals surface area contributed by atoms with Crippen LogP contribution in [0.1, 0.15) is 16.9 Å². The summed E-state index contributed by atoms with van der Waals surface area (Å²) in [5.74, 6) is -0.699. The van der Waals surface area contributed by atoms with Crippen molar-refractivity contribution in [1.82, 2.24) is 10.3 Å². The number of thioether (sulfide) groups is 1. The zero-order valence-corrected chi connectivity index (χ0v) is 9.71. The molecule has 0 bridgehead atoms. The zero-order valence-electron chi connectivity index (χ0n) is 8.90. The van der Waals surface area contributed by atoms with Gasteiger partial charge in [-0.2, -0.15) is 11.8 Å². The van der Waals surface area contributed by atoms with Gasteiger partial charge in [0.15, 0.2) is 0 Å². The van der Waals surface area contributed by atoms with Gasteiger partial charge in [0.1, 0.15) is 11.7 Å². The fraction of sp³-hybridized carbons (Fsp3) is 0.400. The second-order valence-corrected chi connectivity index (χ2v) is 4.22. The molecule has 3 N–H and O–H groups in total. The van der Waals surface area contributed by atoms with E-state index < -0.39 is 17.9 Å². The van der Waals surface area contributed by atoms with Crippen LogP contribution in [0.25, 0.3) is 0 Å². The molecule has 0 radical (unpaired) electrons. The van der Waals surface area contributed by atoms with Gasteiger partial charge in [-0.3, -0.25) is 4.79 Å². The summed E-state index contributed by atoms with van der Waals surface area (Å²) in [4.78, 5) is 25.2. The van der Waals surface area contributed by atoms with Gasteiger partial charge < -0.3 is 15.4 Å². The summed E-state index contributed by atoms with van der Waals surface area (Å²) in [6.07, 6.45) is 3.93. The molecule has 0 aliphatic carbocycles. The Balaban J connectivity index is 2.54. The highest BCUT2D eigenvalue weighted by Crippen LogP contribution is 2.02. The molecule has 0 saturated heterocycles. The summed E-state index contributed by atoms with van der Waals surface area (Å²) in [5, 5.41) is 11.4. The maximum atomic E-state index is 11.6. The first-order valence-electron chi connectivity index (χ1n) is 4.81. The van der Waals surface area contributed by atoms with Crippen LogP contribution < -0.4 is 5.32 Å².